The minimum atomic E-state index is -3.58. The molecule has 0 atom stereocenters. The van der Waals surface area contributed by atoms with Crippen molar-refractivity contribution in [3.05, 3.63) is 36.5 Å². The lowest BCUT2D eigenvalue weighted by molar-refractivity contribution is 0.604. The van der Waals surface area contributed by atoms with Gasteiger partial charge in [-0.05, 0) is 23.8 Å². The van der Waals surface area contributed by atoms with Crippen molar-refractivity contribution in [2.75, 3.05) is 10.5 Å². The highest BCUT2D eigenvalue weighted by atomic mass is 32.2. The topological polar surface area (TPSA) is 98.6 Å². The third-order valence-electron chi connectivity index (χ3n) is 2.22. The van der Waals surface area contributed by atoms with Gasteiger partial charge in [0.05, 0.1) is 11.8 Å². The number of nitrogens with one attached hydrogen (secondary N) is 2. The fourth-order valence-electron chi connectivity index (χ4n) is 1.44. The lowest BCUT2D eigenvalue weighted by atomic mass is 10.1. The Morgan fingerprint density at radius 3 is 2.56 bits per heavy atom. The van der Waals surface area contributed by atoms with Gasteiger partial charge in [-0.25, -0.2) is 8.42 Å². The molecule has 0 spiro atoms. The first-order valence-corrected chi connectivity index (χ1v) is 6.73. The van der Waals surface area contributed by atoms with Crippen LogP contribution in [0.5, 0.6) is 0 Å². The zero-order valence-corrected chi connectivity index (χ0v) is 10.1. The standard InChI is InChI=1S/C11H10N4O2S/c12-6-8-18(16,17)15-10-3-1-9(2-4-10)11-5-7-13-14-11/h1-5,7,15H,8H2,(H,13,14). The first-order chi connectivity index (χ1) is 8.61. The van der Waals surface area contributed by atoms with Crippen LogP contribution in [0.2, 0.25) is 0 Å². The summed E-state index contributed by atoms with van der Waals surface area (Å²) in [5.74, 6) is -0.560. The lowest BCUT2D eigenvalue weighted by Gasteiger charge is -2.05. The molecule has 18 heavy (non-hydrogen) atoms. The van der Waals surface area contributed by atoms with Gasteiger partial charge in [-0.2, -0.15) is 10.4 Å². The highest BCUT2D eigenvalue weighted by Crippen LogP contribution is 2.19. The number of sulfonamides is 1. The molecule has 0 bridgehead atoms. The number of anilines is 1. The predicted octanol–water partition coefficient (Wildman–Crippen LogP) is 1.34. The van der Waals surface area contributed by atoms with E-state index in [1.807, 2.05) is 6.07 Å². The minimum Gasteiger partial charge on any atom is -0.283 e. The van der Waals surface area contributed by atoms with E-state index in [0.717, 1.165) is 11.3 Å². The van der Waals surface area contributed by atoms with E-state index in [1.165, 1.54) is 0 Å². The molecule has 0 aliphatic heterocycles. The van der Waals surface area contributed by atoms with Gasteiger partial charge >= 0.3 is 0 Å². The molecule has 92 valence electrons. The molecule has 1 heterocycles. The molecule has 0 radical (unpaired) electrons. The van der Waals surface area contributed by atoms with Crippen LogP contribution in [0.4, 0.5) is 5.69 Å². The maximum atomic E-state index is 11.4. The largest absolute Gasteiger partial charge is 0.283 e. The predicted molar refractivity (Wildman–Crippen MR) is 67.0 cm³/mol. The van der Waals surface area contributed by atoms with Gasteiger partial charge in [-0.15, -0.1) is 0 Å². The van der Waals surface area contributed by atoms with Crippen molar-refractivity contribution >= 4 is 15.7 Å². The van der Waals surface area contributed by atoms with Crippen LogP contribution in [-0.2, 0) is 10.0 Å². The summed E-state index contributed by atoms with van der Waals surface area (Å²) in [6, 6.07) is 10.2. The third-order valence-corrected chi connectivity index (χ3v) is 3.28. The summed E-state index contributed by atoms with van der Waals surface area (Å²) in [7, 11) is -3.58. The van der Waals surface area contributed by atoms with E-state index in [2.05, 4.69) is 14.9 Å². The van der Waals surface area contributed by atoms with E-state index >= 15 is 0 Å². The van der Waals surface area contributed by atoms with Crippen LogP contribution in [0, 0.1) is 11.3 Å². The van der Waals surface area contributed by atoms with Crippen molar-refractivity contribution in [1.82, 2.24) is 10.2 Å². The average molecular weight is 262 g/mol. The summed E-state index contributed by atoms with van der Waals surface area (Å²) in [5.41, 5.74) is 2.17. The molecule has 2 rings (SSSR count). The van der Waals surface area contributed by atoms with E-state index < -0.39 is 15.8 Å². The molecule has 0 aliphatic carbocycles. The lowest BCUT2D eigenvalue weighted by Crippen LogP contribution is -2.15. The minimum absolute atomic E-state index is 0.425. The number of aromatic nitrogens is 2. The number of hydrogen-bond acceptors (Lipinski definition) is 4. The highest BCUT2D eigenvalue weighted by molar-refractivity contribution is 7.92. The summed E-state index contributed by atoms with van der Waals surface area (Å²) in [6.07, 6.45) is 1.64. The van der Waals surface area contributed by atoms with Crippen LogP contribution in [0.15, 0.2) is 36.5 Å². The molecule has 0 amide bonds. The molecule has 2 N–H and O–H groups in total. The average Bonchev–Trinajstić information content (AvgIpc) is 2.82. The molecular formula is C11H10N4O2S. The molecule has 7 heteroatoms. The summed E-state index contributed by atoms with van der Waals surface area (Å²) in [5, 5.41) is 15.0. The smallest absolute Gasteiger partial charge is 0.246 e. The van der Waals surface area contributed by atoms with Gasteiger partial charge in [0.2, 0.25) is 10.0 Å². The number of H-pyrrole nitrogens is 1. The van der Waals surface area contributed by atoms with Crippen molar-refractivity contribution in [1.29, 1.82) is 5.26 Å². The van der Waals surface area contributed by atoms with Crippen molar-refractivity contribution in [2.24, 2.45) is 0 Å². The van der Waals surface area contributed by atoms with E-state index in [0.29, 0.717) is 5.69 Å². The summed E-state index contributed by atoms with van der Waals surface area (Å²) in [4.78, 5) is 0. The Balaban J connectivity index is 2.17. The molecule has 2 aromatic rings. The second-order valence-electron chi connectivity index (χ2n) is 3.57. The van der Waals surface area contributed by atoms with Crippen LogP contribution in [0.3, 0.4) is 0 Å². The van der Waals surface area contributed by atoms with Gasteiger partial charge in [-0.3, -0.25) is 9.82 Å². The Morgan fingerprint density at radius 1 is 1.28 bits per heavy atom. The van der Waals surface area contributed by atoms with Gasteiger partial charge in [-0.1, -0.05) is 12.1 Å². The van der Waals surface area contributed by atoms with Gasteiger partial charge in [0.25, 0.3) is 0 Å². The fraction of sp³-hybridized carbons (Fsp3) is 0.0909. The zero-order valence-electron chi connectivity index (χ0n) is 9.29. The highest BCUT2D eigenvalue weighted by Gasteiger charge is 2.09. The maximum Gasteiger partial charge on any atom is 0.246 e. The SMILES string of the molecule is N#CCS(=O)(=O)Nc1ccc(-c2ccn[nH]2)cc1. The van der Waals surface area contributed by atoms with Crippen LogP contribution < -0.4 is 4.72 Å². The van der Waals surface area contributed by atoms with Crippen LogP contribution in [0.1, 0.15) is 0 Å². The third kappa shape index (κ3) is 2.87. The molecular weight excluding hydrogens is 252 g/mol. The monoisotopic (exact) mass is 262 g/mol. The second kappa shape index (κ2) is 4.89. The molecule has 1 aromatic heterocycles. The van der Waals surface area contributed by atoms with Gasteiger partial charge in [0.15, 0.2) is 5.75 Å². The Hall–Kier alpha value is -2.33. The molecule has 0 saturated heterocycles. The molecule has 0 fully saturated rings. The van der Waals surface area contributed by atoms with Gasteiger partial charge in [0, 0.05) is 11.9 Å². The van der Waals surface area contributed by atoms with Crippen molar-refractivity contribution in [2.45, 2.75) is 0 Å². The van der Waals surface area contributed by atoms with E-state index in [-0.39, 0.29) is 0 Å². The number of benzene rings is 1. The van der Waals surface area contributed by atoms with Crippen molar-refractivity contribution < 1.29 is 8.42 Å². The molecule has 0 saturated carbocycles. The fourth-order valence-corrected chi connectivity index (χ4v) is 2.17. The summed E-state index contributed by atoms with van der Waals surface area (Å²) >= 11 is 0. The Bertz CT molecular complexity index is 654. The number of nitrogens with zero attached hydrogens (tertiary/aromatic N) is 2. The van der Waals surface area contributed by atoms with E-state index in [1.54, 1.807) is 36.5 Å². The van der Waals surface area contributed by atoms with Crippen LogP contribution >= 0.6 is 0 Å². The first kappa shape index (κ1) is 12.1. The Morgan fingerprint density at radius 2 is 2.00 bits per heavy atom. The second-order valence-corrected chi connectivity index (χ2v) is 5.29. The summed E-state index contributed by atoms with van der Waals surface area (Å²) < 4.78 is 25.0. The maximum absolute atomic E-state index is 11.4. The van der Waals surface area contributed by atoms with E-state index in [4.69, 9.17) is 5.26 Å². The zero-order chi connectivity index (χ0) is 13.0. The number of nitriles is 1. The first-order valence-electron chi connectivity index (χ1n) is 5.08. The number of rotatable bonds is 4. The quantitative estimate of drug-likeness (QED) is 0.868. The Labute approximate surface area is 104 Å². The van der Waals surface area contributed by atoms with Crippen LogP contribution in [0.25, 0.3) is 11.3 Å². The van der Waals surface area contributed by atoms with E-state index in [9.17, 15) is 8.42 Å². The molecule has 6 nitrogen and oxygen atoms in total. The normalized spacial score (nSPS) is 10.8. The van der Waals surface area contributed by atoms with Gasteiger partial charge in [0.1, 0.15) is 0 Å². The van der Waals surface area contributed by atoms with Crippen molar-refractivity contribution in [3.8, 4) is 17.3 Å². The molecule has 0 aliphatic rings. The number of aromatic amines is 1. The van der Waals surface area contributed by atoms with Crippen LogP contribution in [-0.4, -0.2) is 24.4 Å². The van der Waals surface area contributed by atoms with Crippen molar-refractivity contribution in [3.63, 3.8) is 0 Å². The number of hydrogen-bond donors (Lipinski definition) is 2. The molecule has 1 aromatic carbocycles. The van der Waals surface area contributed by atoms with Gasteiger partial charge < -0.3 is 0 Å². The summed E-state index contributed by atoms with van der Waals surface area (Å²) in [6.45, 7) is 0. The Kier molecular flexibility index (Phi) is 3.30. The molecule has 0 unspecified atom stereocenters.